The number of amides is 2. The molecule has 0 aromatic carbocycles. The summed E-state index contributed by atoms with van der Waals surface area (Å²) in [5.74, 6) is 0.119. The van der Waals surface area contributed by atoms with Gasteiger partial charge in [-0.3, -0.25) is 9.59 Å². The lowest BCUT2D eigenvalue weighted by molar-refractivity contribution is -0.149. The van der Waals surface area contributed by atoms with Gasteiger partial charge in [0.1, 0.15) is 6.10 Å². The quantitative estimate of drug-likeness (QED) is 0.617. The van der Waals surface area contributed by atoms with Crippen molar-refractivity contribution in [1.29, 1.82) is 0 Å². The molecule has 0 spiro atoms. The maximum absolute atomic E-state index is 12.1. The lowest BCUT2D eigenvalue weighted by atomic mass is 10.2. The van der Waals surface area contributed by atoms with E-state index in [0.29, 0.717) is 39.3 Å². The highest BCUT2D eigenvalue weighted by Crippen LogP contribution is 2.07. The average Bonchev–Trinajstić information content (AvgIpc) is 2.39. The van der Waals surface area contributed by atoms with E-state index in [-0.39, 0.29) is 17.9 Å². The van der Waals surface area contributed by atoms with E-state index < -0.39 is 0 Å². The fraction of sp³-hybridized carbons (Fsp3) is 0.818. The second-order valence-corrected chi connectivity index (χ2v) is 4.39. The van der Waals surface area contributed by atoms with Gasteiger partial charge in [-0.1, -0.05) is 0 Å². The van der Waals surface area contributed by atoms with Crippen LogP contribution < -0.4 is 5.32 Å². The summed E-state index contributed by atoms with van der Waals surface area (Å²) in [4.78, 5) is 26.8. The van der Waals surface area contributed by atoms with Gasteiger partial charge in [-0.15, -0.1) is 0 Å². The Morgan fingerprint density at radius 2 is 1.82 bits per heavy atom. The second-order valence-electron chi connectivity index (χ2n) is 4.39. The zero-order chi connectivity index (χ0) is 12.3. The summed E-state index contributed by atoms with van der Waals surface area (Å²) in [5.41, 5.74) is 0. The zero-order valence-electron chi connectivity index (χ0n) is 10.1. The average molecular weight is 241 g/mol. The summed E-state index contributed by atoms with van der Waals surface area (Å²) < 4.78 is 5.43. The molecule has 0 saturated carbocycles. The molecule has 2 aliphatic heterocycles. The van der Waals surface area contributed by atoms with Crippen LogP contribution in [-0.2, 0) is 14.3 Å². The van der Waals surface area contributed by atoms with Crippen LogP contribution in [0, 0.1) is 0 Å². The number of carbonyl (C=O) groups is 2. The third kappa shape index (κ3) is 2.95. The molecule has 2 heterocycles. The molecular weight excluding hydrogens is 222 g/mol. The zero-order valence-corrected chi connectivity index (χ0v) is 10.1. The van der Waals surface area contributed by atoms with Crippen molar-refractivity contribution in [3.8, 4) is 0 Å². The van der Waals surface area contributed by atoms with Crippen LogP contribution in [0.1, 0.15) is 6.92 Å². The van der Waals surface area contributed by atoms with Crippen LogP contribution in [0.5, 0.6) is 0 Å². The fourth-order valence-electron chi connectivity index (χ4n) is 2.17. The fourth-order valence-corrected chi connectivity index (χ4v) is 2.17. The molecule has 0 aromatic heterocycles. The van der Waals surface area contributed by atoms with Gasteiger partial charge in [0.15, 0.2) is 0 Å². The van der Waals surface area contributed by atoms with Gasteiger partial charge in [0.25, 0.3) is 5.91 Å². The molecule has 0 bridgehead atoms. The largest absolute Gasteiger partial charge is 0.366 e. The van der Waals surface area contributed by atoms with Crippen LogP contribution in [0.2, 0.25) is 0 Å². The number of morpholine rings is 1. The van der Waals surface area contributed by atoms with Crippen LogP contribution in [0.3, 0.4) is 0 Å². The highest BCUT2D eigenvalue weighted by molar-refractivity contribution is 5.82. The molecule has 2 aliphatic rings. The topological polar surface area (TPSA) is 61.9 Å². The Labute approximate surface area is 101 Å². The summed E-state index contributed by atoms with van der Waals surface area (Å²) in [5, 5.41) is 3.14. The van der Waals surface area contributed by atoms with Crippen LogP contribution in [-0.4, -0.2) is 73.6 Å². The number of hydrogen-bond donors (Lipinski definition) is 1. The van der Waals surface area contributed by atoms with Gasteiger partial charge >= 0.3 is 0 Å². The third-order valence-electron chi connectivity index (χ3n) is 3.24. The molecule has 96 valence electrons. The minimum absolute atomic E-state index is 0.0420. The van der Waals surface area contributed by atoms with Crippen molar-refractivity contribution in [1.82, 2.24) is 15.1 Å². The molecule has 2 rings (SSSR count). The van der Waals surface area contributed by atoms with E-state index in [1.165, 1.54) is 0 Å². The Balaban J connectivity index is 1.83. The maximum atomic E-state index is 12.1. The minimum Gasteiger partial charge on any atom is -0.366 e. The molecule has 2 saturated heterocycles. The summed E-state index contributed by atoms with van der Waals surface area (Å²) in [6, 6.07) is 0. The minimum atomic E-state index is -0.354. The third-order valence-corrected chi connectivity index (χ3v) is 3.24. The molecule has 6 nitrogen and oxygen atoms in total. The van der Waals surface area contributed by atoms with Crippen molar-refractivity contribution in [2.24, 2.45) is 0 Å². The number of hydrogen-bond acceptors (Lipinski definition) is 4. The molecule has 1 N–H and O–H groups in total. The predicted molar refractivity (Wildman–Crippen MR) is 61.4 cm³/mol. The number of nitrogens with zero attached hydrogens (tertiary/aromatic N) is 2. The van der Waals surface area contributed by atoms with E-state index in [4.69, 9.17) is 4.74 Å². The highest BCUT2D eigenvalue weighted by atomic mass is 16.5. The van der Waals surface area contributed by atoms with Crippen molar-refractivity contribution in [2.45, 2.75) is 13.0 Å². The van der Waals surface area contributed by atoms with Gasteiger partial charge < -0.3 is 19.9 Å². The molecule has 1 atom stereocenters. The van der Waals surface area contributed by atoms with Crippen LogP contribution in [0.15, 0.2) is 0 Å². The van der Waals surface area contributed by atoms with Crippen LogP contribution in [0.4, 0.5) is 0 Å². The van der Waals surface area contributed by atoms with Gasteiger partial charge in [0, 0.05) is 46.2 Å². The summed E-state index contributed by atoms with van der Waals surface area (Å²) >= 11 is 0. The monoisotopic (exact) mass is 241 g/mol. The van der Waals surface area contributed by atoms with Crippen molar-refractivity contribution in [3.63, 3.8) is 0 Å². The van der Waals surface area contributed by atoms with E-state index in [0.717, 1.165) is 6.54 Å². The van der Waals surface area contributed by atoms with Gasteiger partial charge in [-0.2, -0.15) is 0 Å². The first kappa shape index (κ1) is 12.3. The highest BCUT2D eigenvalue weighted by Gasteiger charge is 2.29. The van der Waals surface area contributed by atoms with E-state index in [1.807, 2.05) is 0 Å². The predicted octanol–water partition coefficient (Wildman–Crippen LogP) is -1.33. The van der Waals surface area contributed by atoms with Crippen molar-refractivity contribution in [2.75, 3.05) is 45.9 Å². The number of ether oxygens (including phenoxy) is 1. The number of piperazine rings is 1. The molecule has 0 aliphatic carbocycles. The summed E-state index contributed by atoms with van der Waals surface area (Å²) in [6.45, 7) is 6.02. The van der Waals surface area contributed by atoms with E-state index >= 15 is 0 Å². The standard InChI is InChI=1S/C11H19N3O3/c1-9(15)13-3-5-14(6-4-13)11(16)10-8-12-2-7-17-10/h10,12H,2-8H2,1H3. The Morgan fingerprint density at radius 1 is 1.18 bits per heavy atom. The maximum Gasteiger partial charge on any atom is 0.253 e. The van der Waals surface area contributed by atoms with Crippen LogP contribution in [0.25, 0.3) is 0 Å². The van der Waals surface area contributed by atoms with Crippen molar-refractivity contribution >= 4 is 11.8 Å². The van der Waals surface area contributed by atoms with Gasteiger partial charge in [0.05, 0.1) is 6.61 Å². The normalized spacial score (nSPS) is 25.8. The Morgan fingerprint density at radius 3 is 2.35 bits per heavy atom. The first-order valence-electron chi connectivity index (χ1n) is 6.05. The molecule has 2 fully saturated rings. The van der Waals surface area contributed by atoms with Gasteiger partial charge in [0.2, 0.25) is 5.91 Å². The smallest absolute Gasteiger partial charge is 0.253 e. The molecule has 0 aromatic rings. The first-order valence-corrected chi connectivity index (χ1v) is 6.05. The second kappa shape index (κ2) is 5.46. The molecule has 0 radical (unpaired) electrons. The SMILES string of the molecule is CC(=O)N1CCN(C(=O)C2CNCCO2)CC1. The first-order chi connectivity index (χ1) is 8.18. The lowest BCUT2D eigenvalue weighted by Crippen LogP contribution is -2.55. The van der Waals surface area contributed by atoms with E-state index in [2.05, 4.69) is 5.32 Å². The number of carbonyl (C=O) groups excluding carboxylic acids is 2. The summed E-state index contributed by atoms with van der Waals surface area (Å²) in [7, 11) is 0. The number of nitrogens with one attached hydrogen (secondary N) is 1. The Bertz CT molecular complexity index is 294. The van der Waals surface area contributed by atoms with Gasteiger partial charge in [-0.25, -0.2) is 0 Å². The Hall–Kier alpha value is -1.14. The molecule has 2 amide bonds. The molecule has 1 unspecified atom stereocenters. The molecule has 17 heavy (non-hydrogen) atoms. The molecular formula is C11H19N3O3. The van der Waals surface area contributed by atoms with Gasteiger partial charge in [-0.05, 0) is 0 Å². The van der Waals surface area contributed by atoms with Crippen LogP contribution >= 0.6 is 0 Å². The van der Waals surface area contributed by atoms with Crippen molar-refractivity contribution < 1.29 is 14.3 Å². The number of rotatable bonds is 1. The van der Waals surface area contributed by atoms with E-state index in [1.54, 1.807) is 16.7 Å². The van der Waals surface area contributed by atoms with E-state index in [9.17, 15) is 9.59 Å². The summed E-state index contributed by atoms with van der Waals surface area (Å²) in [6.07, 6.45) is -0.354. The Kier molecular flexibility index (Phi) is 3.96. The van der Waals surface area contributed by atoms with Crippen molar-refractivity contribution in [3.05, 3.63) is 0 Å². The molecule has 6 heteroatoms. The lowest BCUT2D eigenvalue weighted by Gasteiger charge is -2.36.